The summed E-state index contributed by atoms with van der Waals surface area (Å²) in [6.45, 7) is 0. The van der Waals surface area contributed by atoms with Crippen LogP contribution >= 0.6 is 0 Å². The molecular weight excluding hydrogens is 183 g/mol. The van der Waals surface area contributed by atoms with Gasteiger partial charge < -0.3 is 5.11 Å². The third kappa shape index (κ3) is 2.33. The van der Waals surface area contributed by atoms with Gasteiger partial charge in [-0.15, -0.1) is 12.3 Å². The lowest BCUT2D eigenvalue weighted by Gasteiger charge is -2.08. The Kier molecular flexibility index (Phi) is 3.24. The fourth-order valence-electron chi connectivity index (χ4n) is 1.19. The molecule has 3 heteroatoms. The van der Waals surface area contributed by atoms with Gasteiger partial charge in [-0.25, -0.2) is 4.39 Å². The highest BCUT2D eigenvalue weighted by Crippen LogP contribution is 2.20. The maximum absolute atomic E-state index is 12.8. The number of carboxylic acids is 1. The van der Waals surface area contributed by atoms with Crippen molar-refractivity contribution in [1.29, 1.82) is 0 Å². The molecule has 0 saturated carbocycles. The van der Waals surface area contributed by atoms with E-state index in [1.807, 2.05) is 0 Å². The molecule has 0 aliphatic carbocycles. The summed E-state index contributed by atoms with van der Waals surface area (Å²) in [7, 11) is 0. The molecular formula is C11H9FO2. The van der Waals surface area contributed by atoms with E-state index in [1.165, 1.54) is 18.2 Å². The highest BCUT2D eigenvalue weighted by atomic mass is 19.1. The van der Waals surface area contributed by atoms with Crippen LogP contribution in [0.1, 0.15) is 17.9 Å². The number of halogens is 1. The second kappa shape index (κ2) is 4.43. The summed E-state index contributed by atoms with van der Waals surface area (Å²) < 4.78 is 12.8. The highest BCUT2D eigenvalue weighted by molar-refractivity contribution is 5.76. The molecule has 0 bridgehead atoms. The van der Waals surface area contributed by atoms with E-state index in [-0.39, 0.29) is 6.42 Å². The van der Waals surface area contributed by atoms with Crippen LogP contribution in [0.4, 0.5) is 4.39 Å². The first kappa shape index (κ1) is 10.3. The van der Waals surface area contributed by atoms with Crippen LogP contribution in [0.15, 0.2) is 24.3 Å². The maximum atomic E-state index is 12.8. The highest BCUT2D eigenvalue weighted by Gasteiger charge is 2.18. The topological polar surface area (TPSA) is 37.3 Å². The van der Waals surface area contributed by atoms with Crippen molar-refractivity contribution in [3.8, 4) is 12.3 Å². The fourth-order valence-corrected chi connectivity index (χ4v) is 1.19. The van der Waals surface area contributed by atoms with Crippen molar-refractivity contribution in [2.24, 2.45) is 0 Å². The molecule has 0 aliphatic heterocycles. The molecule has 1 N–H and O–H groups in total. The molecule has 0 aliphatic rings. The first-order valence-corrected chi connectivity index (χ1v) is 4.07. The van der Waals surface area contributed by atoms with Gasteiger partial charge in [0, 0.05) is 6.42 Å². The Morgan fingerprint density at radius 3 is 2.86 bits per heavy atom. The zero-order valence-corrected chi connectivity index (χ0v) is 7.40. The molecule has 72 valence electrons. The Labute approximate surface area is 81.4 Å². The average Bonchev–Trinajstić information content (AvgIpc) is 2.13. The number of hydrogen-bond donors (Lipinski definition) is 1. The molecule has 1 rings (SSSR count). The van der Waals surface area contributed by atoms with Gasteiger partial charge in [0.25, 0.3) is 0 Å². The Balaban J connectivity index is 3.00. The molecule has 0 amide bonds. The average molecular weight is 192 g/mol. The van der Waals surface area contributed by atoms with E-state index in [4.69, 9.17) is 11.5 Å². The number of rotatable bonds is 3. The summed E-state index contributed by atoms with van der Waals surface area (Å²) in [6.07, 6.45) is 5.10. The normalized spacial score (nSPS) is 11.7. The van der Waals surface area contributed by atoms with E-state index >= 15 is 0 Å². The van der Waals surface area contributed by atoms with E-state index in [0.717, 1.165) is 0 Å². The first-order chi connectivity index (χ1) is 6.65. The minimum Gasteiger partial charge on any atom is -0.481 e. The zero-order valence-electron chi connectivity index (χ0n) is 7.40. The number of terminal acetylenes is 1. The van der Waals surface area contributed by atoms with E-state index in [9.17, 15) is 9.18 Å². The summed E-state index contributed by atoms with van der Waals surface area (Å²) >= 11 is 0. The third-order valence-electron chi connectivity index (χ3n) is 1.87. The van der Waals surface area contributed by atoms with Crippen LogP contribution in [0.2, 0.25) is 0 Å². The summed E-state index contributed by atoms with van der Waals surface area (Å²) in [6, 6.07) is 5.48. The van der Waals surface area contributed by atoms with Crippen LogP contribution in [0.25, 0.3) is 0 Å². The monoisotopic (exact) mass is 192 g/mol. The molecule has 2 nitrogen and oxygen atoms in total. The first-order valence-electron chi connectivity index (χ1n) is 4.07. The van der Waals surface area contributed by atoms with Crippen molar-refractivity contribution in [2.45, 2.75) is 12.3 Å². The van der Waals surface area contributed by atoms with E-state index < -0.39 is 17.7 Å². The molecule has 0 aromatic heterocycles. The van der Waals surface area contributed by atoms with Gasteiger partial charge in [0.1, 0.15) is 5.82 Å². The molecule has 1 aromatic rings. The van der Waals surface area contributed by atoms with Crippen LogP contribution in [0, 0.1) is 18.2 Å². The quantitative estimate of drug-likeness (QED) is 0.744. The number of benzene rings is 1. The lowest BCUT2D eigenvalue weighted by atomic mass is 9.96. The van der Waals surface area contributed by atoms with Crippen LogP contribution in [0.5, 0.6) is 0 Å². The van der Waals surface area contributed by atoms with Gasteiger partial charge in [0.15, 0.2) is 0 Å². The summed E-state index contributed by atoms with van der Waals surface area (Å²) in [4.78, 5) is 10.8. The van der Waals surface area contributed by atoms with E-state index in [0.29, 0.717) is 5.56 Å². The fraction of sp³-hybridized carbons (Fsp3) is 0.182. The smallest absolute Gasteiger partial charge is 0.311 e. The Morgan fingerprint density at radius 1 is 1.64 bits per heavy atom. The predicted octanol–water partition coefficient (Wildman–Crippen LogP) is 2.02. The van der Waals surface area contributed by atoms with Crippen molar-refractivity contribution in [2.75, 3.05) is 0 Å². The molecule has 0 spiro atoms. The van der Waals surface area contributed by atoms with Gasteiger partial charge in [-0.2, -0.15) is 0 Å². The SMILES string of the molecule is C#CCC(C(=O)O)c1cccc(F)c1. The lowest BCUT2D eigenvalue weighted by molar-refractivity contribution is -0.138. The minimum atomic E-state index is -1.03. The molecule has 0 fully saturated rings. The Bertz CT molecular complexity index is 379. The Hall–Kier alpha value is -1.82. The van der Waals surface area contributed by atoms with Crippen molar-refractivity contribution in [1.82, 2.24) is 0 Å². The zero-order chi connectivity index (χ0) is 10.6. The van der Waals surface area contributed by atoms with Gasteiger partial charge in [0.2, 0.25) is 0 Å². The lowest BCUT2D eigenvalue weighted by Crippen LogP contribution is -2.11. The summed E-state index contributed by atoms with van der Waals surface area (Å²) in [5.41, 5.74) is 0.399. The molecule has 1 unspecified atom stereocenters. The van der Waals surface area contributed by atoms with Gasteiger partial charge >= 0.3 is 5.97 Å². The van der Waals surface area contributed by atoms with Gasteiger partial charge in [-0.1, -0.05) is 12.1 Å². The molecule has 0 heterocycles. The van der Waals surface area contributed by atoms with Crippen LogP contribution in [0.3, 0.4) is 0 Å². The largest absolute Gasteiger partial charge is 0.481 e. The maximum Gasteiger partial charge on any atom is 0.311 e. The number of carbonyl (C=O) groups is 1. The second-order valence-corrected chi connectivity index (χ2v) is 2.85. The number of aliphatic carboxylic acids is 1. The van der Waals surface area contributed by atoms with Crippen molar-refractivity contribution in [3.05, 3.63) is 35.6 Å². The summed E-state index contributed by atoms with van der Waals surface area (Å²) in [5.74, 6) is -0.0464. The van der Waals surface area contributed by atoms with Crippen LogP contribution < -0.4 is 0 Å². The molecule has 0 radical (unpaired) electrons. The molecule has 14 heavy (non-hydrogen) atoms. The van der Waals surface area contributed by atoms with Gasteiger partial charge in [-0.05, 0) is 17.7 Å². The number of hydrogen-bond acceptors (Lipinski definition) is 1. The van der Waals surface area contributed by atoms with Gasteiger partial charge in [0.05, 0.1) is 5.92 Å². The third-order valence-corrected chi connectivity index (χ3v) is 1.87. The Morgan fingerprint density at radius 2 is 2.36 bits per heavy atom. The van der Waals surface area contributed by atoms with Crippen molar-refractivity contribution in [3.63, 3.8) is 0 Å². The molecule has 0 saturated heterocycles. The second-order valence-electron chi connectivity index (χ2n) is 2.85. The minimum absolute atomic E-state index is 0.0682. The van der Waals surface area contributed by atoms with Crippen molar-refractivity contribution >= 4 is 5.97 Å². The van der Waals surface area contributed by atoms with Crippen LogP contribution in [-0.2, 0) is 4.79 Å². The van der Waals surface area contributed by atoms with Crippen LogP contribution in [-0.4, -0.2) is 11.1 Å². The predicted molar refractivity (Wildman–Crippen MR) is 50.2 cm³/mol. The summed E-state index contributed by atoms with van der Waals surface area (Å²) in [5, 5.41) is 8.83. The molecule has 1 atom stereocenters. The van der Waals surface area contributed by atoms with E-state index in [1.54, 1.807) is 6.07 Å². The standard InChI is InChI=1S/C11H9FO2/c1-2-4-10(11(13)14)8-5-3-6-9(12)7-8/h1,3,5-7,10H,4H2,(H,13,14). The molecule has 1 aromatic carbocycles. The number of carboxylic acid groups (broad SMARTS) is 1. The van der Waals surface area contributed by atoms with Gasteiger partial charge in [-0.3, -0.25) is 4.79 Å². The van der Waals surface area contributed by atoms with Crippen molar-refractivity contribution < 1.29 is 14.3 Å². The van der Waals surface area contributed by atoms with E-state index in [2.05, 4.69) is 5.92 Å².